The Hall–Kier alpha value is -2.31. The third-order valence-electron chi connectivity index (χ3n) is 6.14. The Bertz CT molecular complexity index is 1050. The van der Waals surface area contributed by atoms with Crippen molar-refractivity contribution in [3.05, 3.63) is 50.8 Å². The molecule has 0 radical (unpaired) electrons. The molecule has 0 aliphatic carbocycles. The fourth-order valence-corrected chi connectivity index (χ4v) is 4.88. The third kappa shape index (κ3) is 3.45. The zero-order chi connectivity index (χ0) is 20.7. The van der Waals surface area contributed by atoms with Crippen LogP contribution in [-0.4, -0.2) is 53.3 Å². The van der Waals surface area contributed by atoms with E-state index in [0.29, 0.717) is 10.4 Å². The summed E-state index contributed by atoms with van der Waals surface area (Å²) in [4.78, 5) is 29.1. The van der Waals surface area contributed by atoms with Gasteiger partial charge in [-0.2, -0.15) is 0 Å². The summed E-state index contributed by atoms with van der Waals surface area (Å²) in [6, 6.07) is 1.81. The number of nitrogens with zero attached hydrogens (tertiary/aromatic N) is 3. The second-order valence-electron chi connectivity index (χ2n) is 7.91. The molecule has 2 aliphatic heterocycles. The number of hydrogen-bond acceptors (Lipinski definition) is 4. The molecule has 0 bridgehead atoms. The fraction of sp³-hybridized carbons (Fsp3) is 0.455. The average Bonchev–Trinajstić information content (AvgIpc) is 2.70. The summed E-state index contributed by atoms with van der Waals surface area (Å²) in [7, 11) is 0. The van der Waals surface area contributed by atoms with Gasteiger partial charge >= 0.3 is 5.97 Å². The van der Waals surface area contributed by atoms with Crippen molar-refractivity contribution >= 4 is 34.2 Å². The van der Waals surface area contributed by atoms with Crippen molar-refractivity contribution in [1.82, 2.24) is 9.47 Å². The van der Waals surface area contributed by atoms with E-state index in [-0.39, 0.29) is 11.6 Å². The number of allylic oxidation sites excluding steroid dienone is 1. The minimum atomic E-state index is -1.20. The van der Waals surface area contributed by atoms with Gasteiger partial charge < -0.3 is 14.6 Å². The number of piperazine rings is 1. The summed E-state index contributed by atoms with van der Waals surface area (Å²) in [6.07, 6.45) is 7.47. The molecule has 1 saturated heterocycles. The minimum Gasteiger partial charge on any atom is -0.477 e. The number of hydrogen-bond donors (Lipinski definition) is 1. The van der Waals surface area contributed by atoms with Crippen LogP contribution in [0.5, 0.6) is 0 Å². The molecule has 2 aromatic rings. The van der Waals surface area contributed by atoms with Gasteiger partial charge in [-0.05, 0) is 32.8 Å². The maximum atomic E-state index is 12.8. The van der Waals surface area contributed by atoms with E-state index >= 15 is 0 Å². The lowest BCUT2D eigenvalue weighted by Gasteiger charge is -2.38. The van der Waals surface area contributed by atoms with E-state index in [2.05, 4.69) is 28.9 Å². The van der Waals surface area contributed by atoms with Crippen LogP contribution in [0.3, 0.4) is 0 Å². The molecule has 1 atom stereocenters. The number of aromatic carboxylic acids is 1. The number of carboxylic acid groups (broad SMARTS) is 1. The van der Waals surface area contributed by atoms with Crippen LogP contribution >= 0.6 is 11.6 Å². The normalized spacial score (nSPS) is 20.0. The Kier molecular flexibility index (Phi) is 5.40. The number of carbonyl (C=O) groups is 1. The van der Waals surface area contributed by atoms with Crippen molar-refractivity contribution in [2.24, 2.45) is 0 Å². The Morgan fingerprint density at radius 1 is 1.31 bits per heavy atom. The number of carboxylic acids is 1. The summed E-state index contributed by atoms with van der Waals surface area (Å²) in [6.45, 7) is 8.72. The smallest absolute Gasteiger partial charge is 0.341 e. The summed E-state index contributed by atoms with van der Waals surface area (Å²) < 4.78 is 1.96. The SMILES string of the molecule is CC=CCN1CCN(c2c(Cl)cc3c(=O)c(C(=O)O)cn4c3c2CCC4C)CC1. The highest BCUT2D eigenvalue weighted by atomic mass is 35.5. The van der Waals surface area contributed by atoms with Crippen LogP contribution in [-0.2, 0) is 6.42 Å². The average molecular weight is 416 g/mol. The van der Waals surface area contributed by atoms with E-state index in [4.69, 9.17) is 11.6 Å². The molecule has 2 aliphatic rings. The van der Waals surface area contributed by atoms with Gasteiger partial charge in [-0.3, -0.25) is 9.69 Å². The number of rotatable bonds is 4. The number of aromatic nitrogens is 1. The summed E-state index contributed by atoms with van der Waals surface area (Å²) in [5, 5.41) is 10.4. The largest absolute Gasteiger partial charge is 0.477 e. The number of anilines is 1. The van der Waals surface area contributed by atoms with Crippen molar-refractivity contribution < 1.29 is 9.90 Å². The first-order chi connectivity index (χ1) is 13.9. The van der Waals surface area contributed by atoms with Gasteiger partial charge in [-0.25, -0.2) is 4.79 Å². The van der Waals surface area contributed by atoms with Crippen LogP contribution in [0.25, 0.3) is 10.9 Å². The van der Waals surface area contributed by atoms with E-state index < -0.39 is 11.4 Å². The van der Waals surface area contributed by atoms with Crippen LogP contribution in [0.1, 0.15) is 42.2 Å². The number of aryl methyl sites for hydroxylation is 1. The molecule has 3 heterocycles. The van der Waals surface area contributed by atoms with Crippen molar-refractivity contribution in [2.45, 2.75) is 32.7 Å². The van der Waals surface area contributed by atoms with E-state index in [9.17, 15) is 14.7 Å². The van der Waals surface area contributed by atoms with Gasteiger partial charge in [-0.15, -0.1) is 0 Å². The molecule has 4 rings (SSSR count). The van der Waals surface area contributed by atoms with Gasteiger partial charge in [0.25, 0.3) is 0 Å². The van der Waals surface area contributed by atoms with Gasteiger partial charge in [0.1, 0.15) is 5.56 Å². The molecule has 7 heteroatoms. The van der Waals surface area contributed by atoms with Crippen LogP contribution in [0, 0.1) is 0 Å². The number of pyridine rings is 1. The molecular formula is C22H26ClN3O3. The lowest BCUT2D eigenvalue weighted by Crippen LogP contribution is -2.47. The number of benzene rings is 1. The predicted molar refractivity (Wildman–Crippen MR) is 117 cm³/mol. The van der Waals surface area contributed by atoms with Gasteiger partial charge in [-0.1, -0.05) is 23.8 Å². The molecule has 29 heavy (non-hydrogen) atoms. The highest BCUT2D eigenvalue weighted by molar-refractivity contribution is 6.34. The Morgan fingerprint density at radius 3 is 2.69 bits per heavy atom. The third-order valence-corrected chi connectivity index (χ3v) is 6.43. The van der Waals surface area contributed by atoms with Crippen LogP contribution in [0.2, 0.25) is 5.02 Å². The standard InChI is InChI=1S/C22H26ClN3O3/c1-3-4-7-24-8-10-25(11-9-24)20-15-6-5-14(2)26-13-17(22(28)29)21(27)16(19(15)26)12-18(20)23/h3-4,12-14H,5-11H2,1-2H3,(H,28,29). The van der Waals surface area contributed by atoms with Crippen molar-refractivity contribution in [1.29, 1.82) is 0 Å². The van der Waals surface area contributed by atoms with E-state index in [0.717, 1.165) is 62.3 Å². The Labute approximate surface area is 175 Å². The van der Waals surface area contributed by atoms with Crippen molar-refractivity contribution in [2.75, 3.05) is 37.6 Å². The molecule has 1 unspecified atom stereocenters. The van der Waals surface area contributed by atoms with Crippen molar-refractivity contribution in [3.63, 3.8) is 0 Å². The molecule has 1 aromatic carbocycles. The van der Waals surface area contributed by atoms with E-state index in [1.807, 2.05) is 11.5 Å². The van der Waals surface area contributed by atoms with E-state index in [1.54, 1.807) is 6.07 Å². The topological polar surface area (TPSA) is 65.8 Å². The zero-order valence-electron chi connectivity index (χ0n) is 16.8. The highest BCUT2D eigenvalue weighted by Gasteiger charge is 2.29. The van der Waals surface area contributed by atoms with Crippen molar-refractivity contribution in [3.8, 4) is 0 Å². The van der Waals surface area contributed by atoms with Crippen LogP contribution < -0.4 is 10.3 Å². The molecule has 0 spiro atoms. The van der Waals surface area contributed by atoms with Crippen LogP contribution in [0.4, 0.5) is 5.69 Å². The molecule has 1 N–H and O–H groups in total. The molecule has 1 fully saturated rings. The summed E-state index contributed by atoms with van der Waals surface area (Å²) in [5.41, 5.74) is 2.27. The maximum absolute atomic E-state index is 12.8. The minimum absolute atomic E-state index is 0.135. The molecule has 154 valence electrons. The van der Waals surface area contributed by atoms with E-state index in [1.165, 1.54) is 6.20 Å². The number of halogens is 1. The Balaban J connectivity index is 1.82. The fourth-order valence-electron chi connectivity index (χ4n) is 4.54. The lowest BCUT2D eigenvalue weighted by atomic mass is 9.93. The zero-order valence-corrected chi connectivity index (χ0v) is 17.6. The second-order valence-corrected chi connectivity index (χ2v) is 8.32. The molecule has 0 amide bonds. The van der Waals surface area contributed by atoms with Gasteiger partial charge in [0, 0.05) is 55.9 Å². The first kappa shape index (κ1) is 20.0. The molecule has 0 saturated carbocycles. The molecular weight excluding hydrogens is 390 g/mol. The predicted octanol–water partition coefficient (Wildman–Crippen LogP) is 3.56. The highest BCUT2D eigenvalue weighted by Crippen LogP contribution is 2.41. The quantitative estimate of drug-likeness (QED) is 0.773. The Morgan fingerprint density at radius 2 is 2.03 bits per heavy atom. The summed E-state index contributed by atoms with van der Waals surface area (Å²) >= 11 is 6.70. The van der Waals surface area contributed by atoms with Gasteiger partial charge in [0.2, 0.25) is 5.43 Å². The van der Waals surface area contributed by atoms with Gasteiger partial charge in [0.05, 0.1) is 16.2 Å². The summed E-state index contributed by atoms with van der Waals surface area (Å²) in [5.74, 6) is -1.20. The van der Waals surface area contributed by atoms with Crippen LogP contribution in [0.15, 0.2) is 29.2 Å². The molecule has 1 aromatic heterocycles. The van der Waals surface area contributed by atoms with Gasteiger partial charge in [0.15, 0.2) is 0 Å². The molecule has 6 nitrogen and oxygen atoms in total. The lowest BCUT2D eigenvalue weighted by molar-refractivity contribution is 0.0694. The first-order valence-electron chi connectivity index (χ1n) is 10.1. The first-order valence-corrected chi connectivity index (χ1v) is 10.5. The monoisotopic (exact) mass is 415 g/mol. The maximum Gasteiger partial charge on any atom is 0.341 e. The second kappa shape index (κ2) is 7.84.